The number of para-hydroxylation sites is 1. The van der Waals surface area contributed by atoms with E-state index in [1.807, 2.05) is 53.5 Å². The molecule has 6 rings (SSSR count). The van der Waals surface area contributed by atoms with Crippen LogP contribution >= 0.6 is 0 Å². The number of methoxy groups -OCH3 is 1. The summed E-state index contributed by atoms with van der Waals surface area (Å²) in [4.78, 5) is 13.6. The molecule has 0 bridgehead atoms. The van der Waals surface area contributed by atoms with Gasteiger partial charge in [-0.05, 0) is 35.7 Å². The summed E-state index contributed by atoms with van der Waals surface area (Å²) in [6, 6.07) is 21.8. The molecule has 3 heterocycles. The Morgan fingerprint density at radius 3 is 2.78 bits per heavy atom. The van der Waals surface area contributed by atoms with Crippen molar-refractivity contribution in [2.24, 2.45) is 5.10 Å². The highest BCUT2D eigenvalue weighted by Crippen LogP contribution is 2.56. The first-order valence-corrected chi connectivity index (χ1v) is 10.9. The minimum atomic E-state index is -1.39. The van der Waals surface area contributed by atoms with Gasteiger partial charge in [0.25, 0.3) is 5.91 Å². The van der Waals surface area contributed by atoms with E-state index in [9.17, 15) is 4.79 Å². The second-order valence-corrected chi connectivity index (χ2v) is 8.29. The van der Waals surface area contributed by atoms with E-state index in [2.05, 4.69) is 30.4 Å². The molecule has 0 fully saturated rings. The van der Waals surface area contributed by atoms with Gasteiger partial charge in [-0.3, -0.25) is 4.79 Å². The molecule has 0 saturated carbocycles. The second-order valence-electron chi connectivity index (χ2n) is 8.29. The minimum absolute atomic E-state index is 0.147. The highest BCUT2D eigenvalue weighted by atomic mass is 16.6. The lowest BCUT2D eigenvalue weighted by Gasteiger charge is -2.44. The maximum atomic E-state index is 13.6. The largest absolute Gasteiger partial charge is 0.493 e. The van der Waals surface area contributed by atoms with Crippen molar-refractivity contribution in [3.05, 3.63) is 89.0 Å². The number of carbonyl (C=O) groups is 1. The topological polar surface area (TPSA) is 63.2 Å². The fourth-order valence-electron chi connectivity index (χ4n) is 4.97. The molecular weight excluding hydrogens is 402 g/mol. The van der Waals surface area contributed by atoms with Gasteiger partial charge in [0.2, 0.25) is 0 Å². The number of rotatable bonds is 3. The summed E-state index contributed by atoms with van der Waals surface area (Å²) in [5.74, 6) is 0.980. The lowest BCUT2D eigenvalue weighted by molar-refractivity contribution is -0.161. The number of hydrogen-bond acceptors (Lipinski definition) is 5. The Kier molecular flexibility index (Phi) is 4.05. The molecule has 160 valence electrons. The summed E-state index contributed by atoms with van der Waals surface area (Å²) >= 11 is 0. The average molecular weight is 425 g/mol. The maximum Gasteiger partial charge on any atom is 0.306 e. The molecule has 3 aromatic rings. The van der Waals surface area contributed by atoms with Crippen LogP contribution in [-0.2, 0) is 16.9 Å². The molecule has 1 amide bonds. The first-order chi connectivity index (χ1) is 15.7. The van der Waals surface area contributed by atoms with E-state index in [1.165, 1.54) is 0 Å². The van der Waals surface area contributed by atoms with E-state index in [0.29, 0.717) is 17.9 Å². The van der Waals surface area contributed by atoms with Crippen molar-refractivity contribution in [3.63, 3.8) is 0 Å². The van der Waals surface area contributed by atoms with Gasteiger partial charge >= 0.3 is 5.72 Å². The number of nitrogens with zero attached hydrogens (tertiary/aromatic N) is 2. The molecule has 3 aliphatic rings. The van der Waals surface area contributed by atoms with Crippen molar-refractivity contribution >= 4 is 17.3 Å². The van der Waals surface area contributed by atoms with E-state index in [-0.39, 0.29) is 11.9 Å². The van der Waals surface area contributed by atoms with E-state index >= 15 is 0 Å². The molecule has 0 aromatic heterocycles. The van der Waals surface area contributed by atoms with Crippen LogP contribution < -0.4 is 14.8 Å². The molecule has 0 unspecified atom stereocenters. The summed E-state index contributed by atoms with van der Waals surface area (Å²) in [6.07, 6.45) is 1.53. The third-order valence-electron chi connectivity index (χ3n) is 6.59. The van der Waals surface area contributed by atoms with E-state index in [1.54, 1.807) is 7.11 Å². The molecule has 2 atom stereocenters. The Labute approximate surface area is 186 Å². The lowest BCUT2D eigenvalue weighted by atomic mass is 9.91. The number of hydrazone groups is 1. The van der Waals surface area contributed by atoms with Crippen molar-refractivity contribution in [2.45, 2.75) is 31.5 Å². The first-order valence-electron chi connectivity index (χ1n) is 10.9. The number of carbonyl (C=O) groups excluding carboxylic acids is 1. The predicted molar refractivity (Wildman–Crippen MR) is 122 cm³/mol. The minimum Gasteiger partial charge on any atom is -0.493 e. The molecule has 3 aromatic carbocycles. The van der Waals surface area contributed by atoms with Gasteiger partial charge in [0.05, 0.1) is 30.1 Å². The van der Waals surface area contributed by atoms with Crippen LogP contribution in [-0.4, -0.2) is 23.7 Å². The van der Waals surface area contributed by atoms with Crippen molar-refractivity contribution in [3.8, 4) is 11.5 Å². The molecule has 3 aliphatic heterocycles. The van der Waals surface area contributed by atoms with E-state index in [0.717, 1.165) is 40.1 Å². The number of nitrogens with one attached hydrogen (secondary N) is 1. The van der Waals surface area contributed by atoms with Crippen LogP contribution in [0.15, 0.2) is 71.8 Å². The van der Waals surface area contributed by atoms with Crippen LogP contribution in [0.4, 0.5) is 5.69 Å². The highest BCUT2D eigenvalue weighted by molar-refractivity contribution is 6.07. The molecule has 6 heteroatoms. The summed E-state index contributed by atoms with van der Waals surface area (Å²) in [7, 11) is 1.62. The molecule has 0 aliphatic carbocycles. The predicted octanol–water partition coefficient (Wildman–Crippen LogP) is 4.61. The Morgan fingerprint density at radius 2 is 2.00 bits per heavy atom. The molecule has 1 N–H and O–H groups in total. The fourth-order valence-corrected chi connectivity index (χ4v) is 4.97. The number of anilines is 1. The third-order valence-corrected chi connectivity index (χ3v) is 6.59. The zero-order chi connectivity index (χ0) is 21.9. The number of aryl methyl sites for hydroxylation is 1. The van der Waals surface area contributed by atoms with Gasteiger partial charge < -0.3 is 14.8 Å². The average Bonchev–Trinajstić information content (AvgIpc) is 3.40. The van der Waals surface area contributed by atoms with Gasteiger partial charge in [0, 0.05) is 12.0 Å². The van der Waals surface area contributed by atoms with Crippen LogP contribution in [0.5, 0.6) is 11.5 Å². The van der Waals surface area contributed by atoms with Crippen molar-refractivity contribution in [1.29, 1.82) is 0 Å². The Balaban J connectivity index is 1.60. The molecule has 0 saturated heterocycles. The van der Waals surface area contributed by atoms with Crippen LogP contribution in [0.1, 0.15) is 41.6 Å². The molecule has 32 heavy (non-hydrogen) atoms. The fraction of sp³-hybridized carbons (Fsp3) is 0.231. The normalized spacial score (nSPS) is 22.6. The van der Waals surface area contributed by atoms with Gasteiger partial charge in [0.15, 0.2) is 11.5 Å². The summed E-state index contributed by atoms with van der Waals surface area (Å²) in [5, 5.41) is 9.89. The van der Waals surface area contributed by atoms with Crippen LogP contribution in [0.2, 0.25) is 0 Å². The number of ether oxygens (including phenoxy) is 2. The Morgan fingerprint density at radius 1 is 1.16 bits per heavy atom. The van der Waals surface area contributed by atoms with Crippen molar-refractivity contribution < 1.29 is 14.3 Å². The molecule has 1 spiro atoms. The zero-order valence-corrected chi connectivity index (χ0v) is 18.0. The summed E-state index contributed by atoms with van der Waals surface area (Å²) in [6.45, 7) is 2.10. The second kappa shape index (κ2) is 6.85. The van der Waals surface area contributed by atoms with Gasteiger partial charge in [-0.2, -0.15) is 5.10 Å². The van der Waals surface area contributed by atoms with Gasteiger partial charge in [0.1, 0.15) is 0 Å². The Bertz CT molecular complexity index is 1270. The molecular formula is C26H23N3O3. The molecule has 6 nitrogen and oxygen atoms in total. The zero-order valence-electron chi connectivity index (χ0n) is 18.0. The van der Waals surface area contributed by atoms with Gasteiger partial charge in [-0.1, -0.05) is 55.5 Å². The van der Waals surface area contributed by atoms with Gasteiger partial charge in [-0.25, -0.2) is 5.01 Å². The van der Waals surface area contributed by atoms with Crippen LogP contribution in [0, 0.1) is 0 Å². The maximum absolute atomic E-state index is 13.6. The van der Waals surface area contributed by atoms with Crippen LogP contribution in [0.25, 0.3) is 0 Å². The quantitative estimate of drug-likeness (QED) is 0.666. The summed E-state index contributed by atoms with van der Waals surface area (Å²) < 4.78 is 12.3. The van der Waals surface area contributed by atoms with E-state index in [4.69, 9.17) is 14.6 Å². The first kappa shape index (κ1) is 18.9. The third kappa shape index (κ3) is 2.46. The van der Waals surface area contributed by atoms with Crippen molar-refractivity contribution in [1.82, 2.24) is 5.01 Å². The van der Waals surface area contributed by atoms with Crippen LogP contribution in [0.3, 0.4) is 0 Å². The monoisotopic (exact) mass is 425 g/mol. The van der Waals surface area contributed by atoms with Gasteiger partial charge in [-0.15, -0.1) is 0 Å². The standard InChI is InChI=1S/C26H23N3O3/c1-3-16-12-13-20-19(14-16)26(25(30)27-20)29-22(15-21(28-29)17-8-5-4-6-9-17)18-10-7-11-23(31-2)24(18)32-26/h4-14,22H,3,15H2,1-2H3,(H,27,30)/t22-,26+/m0/s1. The highest BCUT2D eigenvalue weighted by Gasteiger charge is 2.61. The van der Waals surface area contributed by atoms with E-state index < -0.39 is 5.72 Å². The number of hydrogen-bond donors (Lipinski definition) is 1. The number of amides is 1. The Hall–Kier alpha value is -3.80. The smallest absolute Gasteiger partial charge is 0.306 e. The summed E-state index contributed by atoms with van der Waals surface area (Å²) in [5.41, 5.74) is 4.25. The van der Waals surface area contributed by atoms with Crippen molar-refractivity contribution in [2.75, 3.05) is 12.4 Å². The number of fused-ring (bicyclic) bond motifs is 6. The SMILES string of the molecule is CCc1ccc2c(c1)[C@@]1(Oc3c(OC)cccc3[C@@H]3CC(c4ccccc4)=NN31)C(=O)N2. The number of benzene rings is 3. The lowest BCUT2D eigenvalue weighted by Crippen LogP contribution is -2.55. The molecule has 0 radical (unpaired) electrons.